The van der Waals surface area contributed by atoms with Gasteiger partial charge in [-0.1, -0.05) is 80.9 Å². The quantitative estimate of drug-likeness (QED) is 0.412. The highest BCUT2D eigenvalue weighted by Crippen LogP contribution is 2.30. The van der Waals surface area contributed by atoms with Crippen LogP contribution in [0.2, 0.25) is 0 Å². The van der Waals surface area contributed by atoms with Crippen LogP contribution in [0.1, 0.15) is 50.7 Å². The lowest BCUT2D eigenvalue weighted by molar-refractivity contribution is -0.0780. The van der Waals surface area contributed by atoms with Crippen LogP contribution >= 0.6 is 0 Å². The van der Waals surface area contributed by atoms with Crippen molar-refractivity contribution < 1.29 is 23.4 Å². The number of amides is 1. The molecule has 0 radical (unpaired) electrons. The Morgan fingerprint density at radius 2 is 1.53 bits per heavy atom. The Kier molecular flexibility index (Phi) is 9.90. The first kappa shape index (κ1) is 28.1. The average Bonchev–Trinajstić information content (AvgIpc) is 2.86. The van der Waals surface area contributed by atoms with Crippen LogP contribution in [0.4, 0.5) is 4.79 Å². The number of carbonyl (C=O) groups is 1. The fourth-order valence-electron chi connectivity index (χ4n) is 4.63. The topological polar surface area (TPSA) is 101 Å². The summed E-state index contributed by atoms with van der Waals surface area (Å²) in [6.07, 6.45) is 1.45. The van der Waals surface area contributed by atoms with Crippen molar-refractivity contribution in [1.82, 2.24) is 13.5 Å². The van der Waals surface area contributed by atoms with Crippen LogP contribution in [0.15, 0.2) is 60.7 Å². The van der Waals surface area contributed by atoms with Gasteiger partial charge in [0.2, 0.25) is 0 Å². The molecular formula is C27H39N3O5S. The third-order valence-electron chi connectivity index (χ3n) is 6.51. The molecule has 1 fully saturated rings. The van der Waals surface area contributed by atoms with E-state index in [4.69, 9.17) is 0 Å². The zero-order valence-corrected chi connectivity index (χ0v) is 22.1. The molecule has 36 heavy (non-hydrogen) atoms. The maximum absolute atomic E-state index is 13.9. The molecule has 0 saturated carbocycles. The number of piperidine rings is 1. The van der Waals surface area contributed by atoms with E-state index in [2.05, 4.69) is 0 Å². The van der Waals surface area contributed by atoms with Gasteiger partial charge in [-0.15, -0.1) is 0 Å². The van der Waals surface area contributed by atoms with Crippen molar-refractivity contribution >= 4 is 16.3 Å². The molecule has 1 atom stereocenters. The minimum atomic E-state index is -3.97. The van der Waals surface area contributed by atoms with Gasteiger partial charge in [0.25, 0.3) is 10.2 Å². The largest absolute Gasteiger partial charge is 0.465 e. The van der Waals surface area contributed by atoms with E-state index < -0.39 is 22.0 Å². The van der Waals surface area contributed by atoms with Crippen molar-refractivity contribution in [2.24, 2.45) is 5.92 Å². The van der Waals surface area contributed by atoms with Crippen molar-refractivity contribution in [2.45, 2.75) is 58.2 Å². The lowest BCUT2D eigenvalue weighted by Crippen LogP contribution is -2.60. The van der Waals surface area contributed by atoms with E-state index in [9.17, 15) is 23.4 Å². The van der Waals surface area contributed by atoms with E-state index in [1.165, 1.54) is 13.5 Å². The Morgan fingerprint density at radius 3 is 2.06 bits per heavy atom. The summed E-state index contributed by atoms with van der Waals surface area (Å²) in [6, 6.07) is 18.5. The summed E-state index contributed by atoms with van der Waals surface area (Å²) in [5.74, 6) is -0.0354. The third-order valence-corrected chi connectivity index (χ3v) is 8.58. The van der Waals surface area contributed by atoms with Crippen LogP contribution in [0, 0.1) is 5.92 Å². The van der Waals surface area contributed by atoms with Crippen LogP contribution in [-0.4, -0.2) is 70.1 Å². The zero-order chi connectivity index (χ0) is 26.2. The van der Waals surface area contributed by atoms with Gasteiger partial charge in [0.1, 0.15) is 5.72 Å². The molecule has 198 valence electrons. The van der Waals surface area contributed by atoms with Crippen LogP contribution < -0.4 is 0 Å². The minimum Gasteiger partial charge on any atom is -0.465 e. The summed E-state index contributed by atoms with van der Waals surface area (Å²) < 4.78 is 30.5. The second-order valence-electron chi connectivity index (χ2n) is 9.98. The Labute approximate surface area is 215 Å². The summed E-state index contributed by atoms with van der Waals surface area (Å²) in [7, 11) is -3.97. The van der Waals surface area contributed by atoms with Gasteiger partial charge in [-0.05, 0) is 29.9 Å². The van der Waals surface area contributed by atoms with Crippen molar-refractivity contribution in [3.05, 3.63) is 71.8 Å². The zero-order valence-electron chi connectivity index (χ0n) is 21.3. The van der Waals surface area contributed by atoms with Gasteiger partial charge < -0.3 is 15.1 Å². The predicted octanol–water partition coefficient (Wildman–Crippen LogP) is 4.18. The summed E-state index contributed by atoms with van der Waals surface area (Å²) >= 11 is 0. The van der Waals surface area contributed by atoms with E-state index in [0.717, 1.165) is 30.4 Å². The van der Waals surface area contributed by atoms with Crippen LogP contribution in [0.3, 0.4) is 0 Å². The van der Waals surface area contributed by atoms with Crippen molar-refractivity contribution in [1.29, 1.82) is 0 Å². The van der Waals surface area contributed by atoms with Gasteiger partial charge >= 0.3 is 6.09 Å². The fraction of sp³-hybridized carbons (Fsp3) is 0.519. The number of hydrogen-bond donors (Lipinski definition) is 2. The Hall–Kier alpha value is -2.46. The maximum atomic E-state index is 13.9. The molecular weight excluding hydrogens is 478 g/mol. The molecule has 8 nitrogen and oxygen atoms in total. The smallest absolute Gasteiger partial charge is 0.407 e. The fourth-order valence-corrected chi connectivity index (χ4v) is 6.70. The van der Waals surface area contributed by atoms with Crippen molar-refractivity contribution in [3.8, 4) is 0 Å². The van der Waals surface area contributed by atoms with E-state index in [-0.39, 0.29) is 38.4 Å². The SMILES string of the molecule is CC(C)CN(C(O)(CCN(Cc1ccccc1)C(=O)O)Cc1ccccc1)S(=O)(=O)N1CCCCC1. The van der Waals surface area contributed by atoms with E-state index in [1.54, 1.807) is 0 Å². The van der Waals surface area contributed by atoms with Gasteiger partial charge in [-0.3, -0.25) is 0 Å². The molecule has 1 aliphatic heterocycles. The van der Waals surface area contributed by atoms with Gasteiger partial charge in [0.15, 0.2) is 0 Å². The van der Waals surface area contributed by atoms with Gasteiger partial charge in [0.05, 0.1) is 0 Å². The lowest BCUT2D eigenvalue weighted by Gasteiger charge is -2.43. The molecule has 1 saturated heterocycles. The summed E-state index contributed by atoms with van der Waals surface area (Å²) in [5, 5.41) is 22.0. The van der Waals surface area contributed by atoms with Crippen LogP contribution in [0.5, 0.6) is 0 Å². The highest BCUT2D eigenvalue weighted by Gasteiger charge is 2.45. The lowest BCUT2D eigenvalue weighted by atomic mass is 9.98. The number of carboxylic acid groups (broad SMARTS) is 1. The first-order chi connectivity index (χ1) is 17.1. The van der Waals surface area contributed by atoms with E-state index in [1.807, 2.05) is 74.5 Å². The predicted molar refractivity (Wildman–Crippen MR) is 140 cm³/mol. The molecule has 1 aliphatic rings. The molecule has 1 amide bonds. The standard InChI is InChI=1S/C27H39N3O5S/c1-23(2)21-30(36(34,35)29-17-10-5-11-18-29)27(33,20-24-12-6-3-7-13-24)16-19-28(26(31)32)22-25-14-8-4-9-15-25/h3-4,6-9,12-15,23,33H,5,10-11,16-22H2,1-2H3,(H,31,32). The van der Waals surface area contributed by atoms with Gasteiger partial charge in [0, 0.05) is 45.6 Å². The Morgan fingerprint density at radius 1 is 0.972 bits per heavy atom. The van der Waals surface area contributed by atoms with Gasteiger partial charge in [-0.25, -0.2) is 4.79 Å². The maximum Gasteiger partial charge on any atom is 0.407 e. The highest BCUT2D eigenvalue weighted by molar-refractivity contribution is 7.86. The number of rotatable bonds is 12. The first-order valence-corrected chi connectivity index (χ1v) is 14.1. The minimum absolute atomic E-state index is 0.0162. The molecule has 0 bridgehead atoms. The van der Waals surface area contributed by atoms with E-state index in [0.29, 0.717) is 13.1 Å². The number of benzene rings is 2. The molecule has 1 unspecified atom stereocenters. The molecule has 2 aromatic rings. The Bertz CT molecular complexity index is 1060. The molecule has 2 N–H and O–H groups in total. The van der Waals surface area contributed by atoms with Crippen molar-refractivity contribution in [3.63, 3.8) is 0 Å². The van der Waals surface area contributed by atoms with Gasteiger partial charge in [-0.2, -0.15) is 17.0 Å². The number of hydrogen-bond acceptors (Lipinski definition) is 4. The molecule has 9 heteroatoms. The third kappa shape index (κ3) is 7.52. The van der Waals surface area contributed by atoms with Crippen molar-refractivity contribution in [2.75, 3.05) is 26.2 Å². The average molecular weight is 518 g/mol. The van der Waals surface area contributed by atoms with Crippen LogP contribution in [-0.2, 0) is 23.2 Å². The second-order valence-corrected chi connectivity index (χ2v) is 11.8. The van der Waals surface area contributed by atoms with E-state index >= 15 is 0 Å². The monoisotopic (exact) mass is 517 g/mol. The first-order valence-electron chi connectivity index (χ1n) is 12.7. The number of nitrogens with zero attached hydrogens (tertiary/aromatic N) is 3. The molecule has 3 rings (SSSR count). The number of aliphatic hydroxyl groups is 1. The van der Waals surface area contributed by atoms with Crippen LogP contribution in [0.25, 0.3) is 0 Å². The summed E-state index contributed by atoms with van der Waals surface area (Å²) in [5.41, 5.74) is -0.189. The molecule has 0 spiro atoms. The highest BCUT2D eigenvalue weighted by atomic mass is 32.2. The molecule has 0 aromatic heterocycles. The summed E-state index contributed by atoms with van der Waals surface area (Å²) in [4.78, 5) is 13.3. The molecule has 0 aliphatic carbocycles. The Balaban J connectivity index is 1.94. The molecule has 2 aromatic carbocycles. The normalized spacial score (nSPS) is 16.7. The second kappa shape index (κ2) is 12.7. The molecule has 1 heterocycles. The summed E-state index contributed by atoms with van der Waals surface area (Å²) in [6.45, 7) is 4.95.